The topological polar surface area (TPSA) is 63.6 Å². The van der Waals surface area contributed by atoms with E-state index in [2.05, 4.69) is 0 Å². The third-order valence-corrected chi connectivity index (χ3v) is 3.91. The third kappa shape index (κ3) is 2.08. The molecule has 1 saturated carbocycles. The molecule has 4 heteroatoms. The van der Waals surface area contributed by atoms with E-state index in [0.717, 1.165) is 12.8 Å². The van der Waals surface area contributed by atoms with Gasteiger partial charge in [-0.05, 0) is 31.6 Å². The molecule has 0 aromatic heterocycles. The fourth-order valence-corrected chi connectivity index (χ4v) is 2.84. The van der Waals surface area contributed by atoms with Gasteiger partial charge < -0.3 is 9.84 Å². The number of carbonyl (C=O) groups excluding carboxylic acids is 1. The van der Waals surface area contributed by atoms with Crippen LogP contribution in [0.3, 0.4) is 0 Å². The molecule has 4 nitrogen and oxygen atoms in total. The predicted octanol–water partition coefficient (Wildman–Crippen LogP) is 1.85. The molecule has 94 valence electrons. The second kappa shape index (κ2) is 4.51. The van der Waals surface area contributed by atoms with Gasteiger partial charge in [-0.15, -0.1) is 0 Å². The maximum Gasteiger partial charge on any atom is 0.310 e. The van der Waals surface area contributed by atoms with Crippen LogP contribution >= 0.6 is 0 Å². The van der Waals surface area contributed by atoms with Crippen LogP contribution in [0.25, 0.3) is 0 Å². The van der Waals surface area contributed by atoms with Crippen molar-refractivity contribution in [3.05, 3.63) is 12.2 Å². The molecule has 0 heterocycles. The van der Waals surface area contributed by atoms with E-state index in [1.54, 1.807) is 0 Å². The summed E-state index contributed by atoms with van der Waals surface area (Å²) in [4.78, 5) is 23.2. The van der Waals surface area contributed by atoms with Gasteiger partial charge in [0.1, 0.15) is 0 Å². The van der Waals surface area contributed by atoms with Crippen LogP contribution in [-0.4, -0.2) is 23.1 Å². The lowest BCUT2D eigenvalue weighted by atomic mass is 9.83. The van der Waals surface area contributed by atoms with E-state index in [-0.39, 0.29) is 23.9 Å². The normalized spacial score (nSPS) is 35.9. The standard InChI is InChI=1S/C13H18O4/c1-3-7(2)17-13(16)11-9-5-4-8(6-9)10(11)12(14)15/h4-5,7-11H,3,6H2,1-2H3,(H,14,15). The van der Waals surface area contributed by atoms with Crippen LogP contribution in [0.5, 0.6) is 0 Å². The predicted molar refractivity (Wildman–Crippen MR) is 61.2 cm³/mol. The number of allylic oxidation sites excluding steroid dienone is 2. The van der Waals surface area contributed by atoms with E-state index < -0.39 is 17.8 Å². The SMILES string of the molecule is CCC(C)OC(=O)C1C2C=CC(C2)C1C(=O)O. The Hall–Kier alpha value is -1.32. The zero-order valence-electron chi connectivity index (χ0n) is 10.1. The molecule has 5 unspecified atom stereocenters. The molecule has 0 aromatic rings. The second-order valence-corrected chi connectivity index (χ2v) is 4.99. The lowest BCUT2D eigenvalue weighted by Crippen LogP contribution is -2.35. The molecular formula is C13H18O4. The highest BCUT2D eigenvalue weighted by Crippen LogP contribution is 2.48. The molecule has 2 bridgehead atoms. The summed E-state index contributed by atoms with van der Waals surface area (Å²) in [6.07, 6.45) is 5.28. The highest BCUT2D eigenvalue weighted by molar-refractivity contribution is 5.83. The molecule has 1 fully saturated rings. The Kier molecular flexibility index (Phi) is 3.22. The smallest absolute Gasteiger partial charge is 0.310 e. The fraction of sp³-hybridized carbons (Fsp3) is 0.692. The van der Waals surface area contributed by atoms with E-state index in [1.807, 2.05) is 26.0 Å². The number of rotatable bonds is 4. The van der Waals surface area contributed by atoms with Gasteiger partial charge in [0.15, 0.2) is 0 Å². The van der Waals surface area contributed by atoms with Gasteiger partial charge in [0.05, 0.1) is 17.9 Å². The highest BCUT2D eigenvalue weighted by Gasteiger charge is 2.52. The first kappa shape index (κ1) is 12.1. The Morgan fingerprint density at radius 1 is 1.35 bits per heavy atom. The zero-order valence-corrected chi connectivity index (χ0v) is 10.1. The van der Waals surface area contributed by atoms with Crippen molar-refractivity contribution in [2.24, 2.45) is 23.7 Å². The summed E-state index contributed by atoms with van der Waals surface area (Å²) >= 11 is 0. The van der Waals surface area contributed by atoms with Crippen molar-refractivity contribution in [1.82, 2.24) is 0 Å². The zero-order chi connectivity index (χ0) is 12.6. The lowest BCUT2D eigenvalue weighted by molar-refractivity contribution is -0.161. The molecule has 0 aliphatic heterocycles. The maximum absolute atomic E-state index is 12.0. The molecule has 0 radical (unpaired) electrons. The Labute approximate surface area is 101 Å². The fourth-order valence-electron chi connectivity index (χ4n) is 2.84. The number of carboxylic acids is 1. The molecule has 0 spiro atoms. The number of ether oxygens (including phenoxy) is 1. The van der Waals surface area contributed by atoms with Crippen molar-refractivity contribution in [3.63, 3.8) is 0 Å². The average Bonchev–Trinajstić information content (AvgIpc) is 2.87. The number of aliphatic carboxylic acids is 1. The number of carbonyl (C=O) groups is 2. The van der Waals surface area contributed by atoms with Crippen molar-refractivity contribution in [1.29, 1.82) is 0 Å². The van der Waals surface area contributed by atoms with Crippen LogP contribution in [0.1, 0.15) is 26.7 Å². The molecule has 1 N–H and O–H groups in total. The number of esters is 1. The summed E-state index contributed by atoms with van der Waals surface area (Å²) in [6, 6.07) is 0. The quantitative estimate of drug-likeness (QED) is 0.599. The minimum atomic E-state index is -0.882. The third-order valence-electron chi connectivity index (χ3n) is 3.91. The Morgan fingerprint density at radius 3 is 2.47 bits per heavy atom. The van der Waals surface area contributed by atoms with Crippen molar-refractivity contribution in [2.75, 3.05) is 0 Å². The Morgan fingerprint density at radius 2 is 1.94 bits per heavy atom. The van der Waals surface area contributed by atoms with E-state index >= 15 is 0 Å². The monoisotopic (exact) mass is 238 g/mol. The molecule has 17 heavy (non-hydrogen) atoms. The summed E-state index contributed by atoms with van der Waals surface area (Å²) in [5, 5.41) is 9.20. The van der Waals surface area contributed by atoms with Crippen molar-refractivity contribution in [2.45, 2.75) is 32.8 Å². The van der Waals surface area contributed by atoms with Gasteiger partial charge in [0.2, 0.25) is 0 Å². The van der Waals surface area contributed by atoms with Crippen LogP contribution in [0.2, 0.25) is 0 Å². The van der Waals surface area contributed by atoms with Gasteiger partial charge in [-0.3, -0.25) is 9.59 Å². The number of hydrogen-bond donors (Lipinski definition) is 1. The minimum Gasteiger partial charge on any atom is -0.481 e. The summed E-state index contributed by atoms with van der Waals surface area (Å²) in [6.45, 7) is 3.77. The average molecular weight is 238 g/mol. The van der Waals surface area contributed by atoms with Gasteiger partial charge in [-0.1, -0.05) is 19.1 Å². The van der Waals surface area contributed by atoms with Crippen molar-refractivity contribution < 1.29 is 19.4 Å². The largest absolute Gasteiger partial charge is 0.481 e. The maximum atomic E-state index is 12.0. The molecule has 0 saturated heterocycles. The summed E-state index contributed by atoms with van der Waals surface area (Å²) in [5.74, 6) is -2.25. The molecule has 5 atom stereocenters. The van der Waals surface area contributed by atoms with Crippen molar-refractivity contribution >= 4 is 11.9 Å². The molecule has 0 amide bonds. The first-order valence-corrected chi connectivity index (χ1v) is 6.16. The molecule has 0 aromatic carbocycles. The number of hydrogen-bond acceptors (Lipinski definition) is 3. The van der Waals surface area contributed by atoms with Gasteiger partial charge in [0, 0.05) is 0 Å². The van der Waals surface area contributed by atoms with Crippen molar-refractivity contribution in [3.8, 4) is 0 Å². The highest BCUT2D eigenvalue weighted by atomic mass is 16.5. The Balaban J connectivity index is 2.11. The summed E-state index contributed by atoms with van der Waals surface area (Å²) < 4.78 is 5.28. The van der Waals surface area contributed by atoms with E-state index in [4.69, 9.17) is 4.74 Å². The van der Waals surface area contributed by atoms with E-state index in [9.17, 15) is 14.7 Å². The minimum absolute atomic E-state index is 0.00647. The van der Waals surface area contributed by atoms with Gasteiger partial charge >= 0.3 is 11.9 Å². The van der Waals surface area contributed by atoms with Crippen LogP contribution < -0.4 is 0 Å². The second-order valence-electron chi connectivity index (χ2n) is 4.99. The van der Waals surface area contributed by atoms with Crippen LogP contribution in [0.15, 0.2) is 12.2 Å². The molecule has 2 rings (SSSR count). The van der Waals surface area contributed by atoms with E-state index in [1.165, 1.54) is 0 Å². The number of fused-ring (bicyclic) bond motifs is 2. The first-order valence-electron chi connectivity index (χ1n) is 6.16. The molecule has 2 aliphatic rings. The Bertz CT molecular complexity index is 360. The van der Waals surface area contributed by atoms with E-state index in [0.29, 0.717) is 0 Å². The van der Waals surface area contributed by atoms with Crippen LogP contribution in [-0.2, 0) is 14.3 Å². The van der Waals surface area contributed by atoms with Gasteiger partial charge in [0.25, 0.3) is 0 Å². The van der Waals surface area contributed by atoms with Gasteiger partial charge in [-0.25, -0.2) is 0 Å². The molecule has 2 aliphatic carbocycles. The number of carboxylic acid groups (broad SMARTS) is 1. The summed E-state index contributed by atoms with van der Waals surface area (Å²) in [5.41, 5.74) is 0. The van der Waals surface area contributed by atoms with Gasteiger partial charge in [-0.2, -0.15) is 0 Å². The molecular weight excluding hydrogens is 220 g/mol. The van der Waals surface area contributed by atoms with Crippen LogP contribution in [0.4, 0.5) is 0 Å². The van der Waals surface area contributed by atoms with Crippen LogP contribution in [0, 0.1) is 23.7 Å². The lowest BCUT2D eigenvalue weighted by Gasteiger charge is -2.24. The summed E-state index contributed by atoms with van der Waals surface area (Å²) in [7, 11) is 0. The first-order chi connectivity index (χ1) is 8.04.